The van der Waals surface area contributed by atoms with Crippen molar-refractivity contribution in [3.8, 4) is 11.5 Å². The van der Waals surface area contributed by atoms with Gasteiger partial charge in [0.2, 0.25) is 0 Å². The lowest BCUT2D eigenvalue weighted by Gasteiger charge is -2.13. The van der Waals surface area contributed by atoms with Crippen LogP contribution in [0.15, 0.2) is 41.3 Å². The monoisotopic (exact) mass is 385 g/mol. The minimum atomic E-state index is -3.93. The molecule has 2 aromatic rings. The van der Waals surface area contributed by atoms with Gasteiger partial charge < -0.3 is 14.6 Å². The summed E-state index contributed by atoms with van der Waals surface area (Å²) in [6.45, 7) is 1.26. The number of carbonyl (C=O) groups is 1. The predicted octanol–water partition coefficient (Wildman–Crippen LogP) is 2.92. The first-order chi connectivity index (χ1) is 11.7. The largest absolute Gasteiger partial charge is 0.495 e. The lowest BCUT2D eigenvalue weighted by Crippen LogP contribution is -2.14. The Morgan fingerprint density at radius 2 is 1.88 bits per heavy atom. The number of benzene rings is 2. The van der Waals surface area contributed by atoms with Gasteiger partial charge in [-0.3, -0.25) is 4.72 Å². The molecule has 0 aromatic heterocycles. The second-order valence-electron chi connectivity index (χ2n) is 5.06. The Balaban J connectivity index is 2.24. The summed E-state index contributed by atoms with van der Waals surface area (Å²) in [6, 6.07) is 8.69. The van der Waals surface area contributed by atoms with Gasteiger partial charge in [0.25, 0.3) is 10.0 Å². The van der Waals surface area contributed by atoms with Crippen LogP contribution in [0.25, 0.3) is 0 Å². The van der Waals surface area contributed by atoms with Gasteiger partial charge in [-0.2, -0.15) is 0 Å². The number of hydrogen-bond acceptors (Lipinski definition) is 5. The molecule has 0 aliphatic carbocycles. The number of hydrogen-bond donors (Lipinski definition) is 2. The smallest absolute Gasteiger partial charge is 0.341 e. The van der Waals surface area contributed by atoms with E-state index in [9.17, 15) is 13.2 Å². The number of aliphatic carboxylic acids is 1. The molecule has 0 saturated heterocycles. The summed E-state index contributed by atoms with van der Waals surface area (Å²) >= 11 is 6.02. The number of aryl methyl sites for hydroxylation is 1. The third-order valence-corrected chi connectivity index (χ3v) is 5.01. The molecule has 0 aliphatic heterocycles. The summed E-state index contributed by atoms with van der Waals surface area (Å²) in [5.41, 5.74) is 0.971. The van der Waals surface area contributed by atoms with Crippen LogP contribution in [0.1, 0.15) is 5.56 Å². The lowest BCUT2D eigenvalue weighted by atomic mass is 10.2. The number of carboxylic acid groups (broad SMARTS) is 1. The second kappa shape index (κ2) is 7.62. The molecule has 25 heavy (non-hydrogen) atoms. The summed E-state index contributed by atoms with van der Waals surface area (Å²) < 4.78 is 37.7. The van der Waals surface area contributed by atoms with Crippen LogP contribution in [0.4, 0.5) is 5.69 Å². The Morgan fingerprint density at radius 3 is 2.44 bits per heavy atom. The van der Waals surface area contributed by atoms with Gasteiger partial charge in [0.1, 0.15) is 16.4 Å². The third-order valence-electron chi connectivity index (χ3n) is 3.20. The van der Waals surface area contributed by atoms with Crippen LogP contribution in [0.5, 0.6) is 11.5 Å². The maximum Gasteiger partial charge on any atom is 0.341 e. The minimum Gasteiger partial charge on any atom is -0.495 e. The molecule has 0 saturated carbocycles. The van der Waals surface area contributed by atoms with Crippen LogP contribution >= 0.6 is 11.6 Å². The van der Waals surface area contributed by atoms with E-state index in [1.54, 1.807) is 13.0 Å². The zero-order chi connectivity index (χ0) is 18.6. The zero-order valence-electron chi connectivity index (χ0n) is 13.4. The van der Waals surface area contributed by atoms with Crippen LogP contribution in [0.3, 0.4) is 0 Å². The average molecular weight is 386 g/mol. The molecule has 0 amide bonds. The molecule has 0 bridgehead atoms. The van der Waals surface area contributed by atoms with Crippen molar-refractivity contribution in [1.29, 1.82) is 0 Å². The first-order valence-electron chi connectivity index (χ1n) is 7.04. The number of sulfonamides is 1. The molecular formula is C16H16ClNO6S. The highest BCUT2D eigenvalue weighted by Gasteiger charge is 2.21. The van der Waals surface area contributed by atoms with Crippen molar-refractivity contribution in [2.24, 2.45) is 0 Å². The Hall–Kier alpha value is -2.45. The molecule has 0 atom stereocenters. The van der Waals surface area contributed by atoms with Crippen molar-refractivity contribution in [3.05, 3.63) is 47.0 Å². The molecule has 0 unspecified atom stereocenters. The highest BCUT2D eigenvalue weighted by Crippen LogP contribution is 2.31. The van der Waals surface area contributed by atoms with Crippen molar-refractivity contribution in [2.45, 2.75) is 11.8 Å². The molecule has 134 valence electrons. The maximum atomic E-state index is 12.6. The molecule has 0 spiro atoms. The van der Waals surface area contributed by atoms with E-state index >= 15 is 0 Å². The molecule has 0 aliphatic rings. The predicted molar refractivity (Wildman–Crippen MR) is 93.1 cm³/mol. The zero-order valence-corrected chi connectivity index (χ0v) is 15.0. The number of methoxy groups -OCH3 is 1. The molecule has 0 heterocycles. The van der Waals surface area contributed by atoms with Crippen LogP contribution in [-0.4, -0.2) is 33.2 Å². The van der Waals surface area contributed by atoms with E-state index in [0.29, 0.717) is 16.3 Å². The van der Waals surface area contributed by atoms with Crippen LogP contribution in [0.2, 0.25) is 5.02 Å². The van der Waals surface area contributed by atoms with E-state index in [0.717, 1.165) is 0 Å². The second-order valence-corrected chi connectivity index (χ2v) is 7.12. The number of carboxylic acids is 1. The van der Waals surface area contributed by atoms with Crippen LogP contribution < -0.4 is 14.2 Å². The van der Waals surface area contributed by atoms with Crippen molar-refractivity contribution in [2.75, 3.05) is 18.4 Å². The molecule has 0 radical (unpaired) electrons. The van der Waals surface area contributed by atoms with Gasteiger partial charge in [-0.1, -0.05) is 11.6 Å². The quantitative estimate of drug-likeness (QED) is 0.759. The van der Waals surface area contributed by atoms with E-state index in [2.05, 4.69) is 4.72 Å². The van der Waals surface area contributed by atoms with Crippen molar-refractivity contribution < 1.29 is 27.8 Å². The summed E-state index contributed by atoms with van der Waals surface area (Å²) in [5, 5.41) is 8.86. The number of rotatable bonds is 7. The lowest BCUT2D eigenvalue weighted by molar-refractivity contribution is -0.139. The van der Waals surface area contributed by atoms with E-state index in [-0.39, 0.29) is 16.3 Å². The summed E-state index contributed by atoms with van der Waals surface area (Å²) in [5.74, 6) is -0.620. The standard InChI is InChI=1S/C16H16ClNO6S/c1-10-7-14(23-2)15(8-13(10)17)25(21,22)18-11-3-5-12(6-4-11)24-9-16(19)20/h3-8,18H,9H2,1-2H3,(H,19,20). The number of nitrogens with one attached hydrogen (secondary N) is 1. The average Bonchev–Trinajstić information content (AvgIpc) is 2.55. The van der Waals surface area contributed by atoms with E-state index in [1.807, 2.05) is 0 Å². The highest BCUT2D eigenvalue weighted by atomic mass is 35.5. The van der Waals surface area contributed by atoms with Crippen molar-refractivity contribution in [3.63, 3.8) is 0 Å². The maximum absolute atomic E-state index is 12.6. The SMILES string of the molecule is COc1cc(C)c(Cl)cc1S(=O)(=O)Nc1ccc(OCC(=O)O)cc1. The Labute approximate surface area is 150 Å². The molecule has 2 rings (SSSR count). The Bertz CT molecular complexity index is 880. The number of halogens is 1. The van der Waals surface area contributed by atoms with Gasteiger partial charge in [0, 0.05) is 10.7 Å². The fraction of sp³-hybridized carbons (Fsp3) is 0.188. The fourth-order valence-corrected chi connectivity index (χ4v) is 3.45. The fourth-order valence-electron chi connectivity index (χ4n) is 1.98. The van der Waals surface area contributed by atoms with Crippen molar-refractivity contribution >= 4 is 33.3 Å². The van der Waals surface area contributed by atoms with Gasteiger partial charge in [-0.05, 0) is 48.9 Å². The van der Waals surface area contributed by atoms with Gasteiger partial charge in [0.05, 0.1) is 7.11 Å². The minimum absolute atomic E-state index is 0.0863. The van der Waals surface area contributed by atoms with Crippen LogP contribution in [-0.2, 0) is 14.8 Å². The van der Waals surface area contributed by atoms with Crippen LogP contribution in [0, 0.1) is 6.92 Å². The molecular weight excluding hydrogens is 370 g/mol. The van der Waals surface area contributed by atoms with Gasteiger partial charge in [0.15, 0.2) is 6.61 Å². The molecule has 7 nitrogen and oxygen atoms in total. The molecule has 2 aromatic carbocycles. The van der Waals surface area contributed by atoms with Gasteiger partial charge >= 0.3 is 5.97 Å². The van der Waals surface area contributed by atoms with E-state index in [4.69, 9.17) is 26.2 Å². The molecule has 9 heteroatoms. The summed E-state index contributed by atoms with van der Waals surface area (Å²) in [4.78, 5) is 10.4. The van der Waals surface area contributed by atoms with E-state index in [1.165, 1.54) is 37.4 Å². The Kier molecular flexibility index (Phi) is 5.76. The topological polar surface area (TPSA) is 102 Å². The highest BCUT2D eigenvalue weighted by molar-refractivity contribution is 7.92. The van der Waals surface area contributed by atoms with E-state index < -0.39 is 22.6 Å². The number of ether oxygens (including phenoxy) is 2. The molecule has 0 fully saturated rings. The number of anilines is 1. The third kappa shape index (κ3) is 4.77. The summed E-state index contributed by atoms with van der Waals surface area (Å²) in [7, 11) is -2.56. The van der Waals surface area contributed by atoms with Gasteiger partial charge in [-0.25, -0.2) is 13.2 Å². The Morgan fingerprint density at radius 1 is 1.24 bits per heavy atom. The normalized spacial score (nSPS) is 11.0. The van der Waals surface area contributed by atoms with Gasteiger partial charge in [-0.15, -0.1) is 0 Å². The first kappa shape index (κ1) is 18.9. The van der Waals surface area contributed by atoms with Crippen molar-refractivity contribution in [1.82, 2.24) is 0 Å². The first-order valence-corrected chi connectivity index (χ1v) is 8.90. The molecule has 2 N–H and O–H groups in total. The summed E-state index contributed by atoms with van der Waals surface area (Å²) in [6.07, 6.45) is 0.